The molecule has 0 N–H and O–H groups in total. The first-order valence-electron chi connectivity index (χ1n) is 5.40. The maximum Gasteiger partial charge on any atom is 0.0801 e. The third-order valence-electron chi connectivity index (χ3n) is 2.36. The zero-order valence-corrected chi connectivity index (χ0v) is 9.76. The lowest BCUT2D eigenvalue weighted by atomic mass is 10.2. The van der Waals surface area contributed by atoms with Crippen LogP contribution in [0, 0.1) is 0 Å². The van der Waals surface area contributed by atoms with Crippen molar-refractivity contribution in [3.05, 3.63) is 41.4 Å². The van der Waals surface area contributed by atoms with Crippen LogP contribution in [0.5, 0.6) is 0 Å². The van der Waals surface area contributed by atoms with Gasteiger partial charge in [0, 0.05) is 11.1 Å². The zero-order chi connectivity index (χ0) is 10.5. The van der Waals surface area contributed by atoms with Gasteiger partial charge in [-0.15, -0.1) is 11.3 Å². The van der Waals surface area contributed by atoms with Gasteiger partial charge in [0.05, 0.1) is 10.6 Å². The van der Waals surface area contributed by atoms with Crippen LogP contribution in [-0.2, 0) is 6.42 Å². The van der Waals surface area contributed by atoms with E-state index in [1.54, 1.807) is 0 Å². The highest BCUT2D eigenvalue weighted by Gasteiger charge is 2.02. The van der Waals surface area contributed by atoms with Crippen molar-refractivity contribution in [2.75, 3.05) is 0 Å². The maximum atomic E-state index is 4.35. The number of thiophene rings is 1. The number of hydrogen-bond donors (Lipinski definition) is 0. The molecule has 78 valence electrons. The number of pyridine rings is 1. The molecule has 0 bridgehead atoms. The molecule has 0 unspecified atom stereocenters. The molecule has 0 aliphatic rings. The molecule has 1 nitrogen and oxygen atoms in total. The molecule has 0 fully saturated rings. The third kappa shape index (κ3) is 2.66. The van der Waals surface area contributed by atoms with E-state index in [9.17, 15) is 0 Å². The Morgan fingerprint density at radius 2 is 2.13 bits per heavy atom. The lowest BCUT2D eigenvalue weighted by Gasteiger charge is -1.94. The van der Waals surface area contributed by atoms with E-state index in [1.807, 2.05) is 29.7 Å². The Labute approximate surface area is 94.8 Å². The molecule has 0 atom stereocenters. The van der Waals surface area contributed by atoms with E-state index in [2.05, 4.69) is 30.1 Å². The van der Waals surface area contributed by atoms with Gasteiger partial charge in [0.1, 0.15) is 0 Å². The minimum absolute atomic E-state index is 1.09. The van der Waals surface area contributed by atoms with Crippen molar-refractivity contribution in [3.8, 4) is 10.6 Å². The summed E-state index contributed by atoms with van der Waals surface area (Å²) in [6, 6.07) is 10.5. The molecule has 15 heavy (non-hydrogen) atoms. The maximum absolute atomic E-state index is 4.35. The fourth-order valence-corrected chi connectivity index (χ4v) is 2.54. The van der Waals surface area contributed by atoms with Crippen LogP contribution in [0.3, 0.4) is 0 Å². The molecule has 0 saturated heterocycles. The van der Waals surface area contributed by atoms with Crippen molar-refractivity contribution in [1.82, 2.24) is 4.98 Å². The number of hydrogen-bond acceptors (Lipinski definition) is 2. The van der Waals surface area contributed by atoms with Gasteiger partial charge in [-0.1, -0.05) is 19.4 Å². The van der Waals surface area contributed by atoms with Crippen molar-refractivity contribution >= 4 is 11.3 Å². The highest BCUT2D eigenvalue weighted by atomic mass is 32.1. The van der Waals surface area contributed by atoms with Crippen LogP contribution >= 0.6 is 11.3 Å². The quantitative estimate of drug-likeness (QED) is 0.749. The Balaban J connectivity index is 2.14. The number of unbranched alkanes of at least 4 members (excludes halogenated alkanes) is 1. The van der Waals surface area contributed by atoms with Gasteiger partial charge in [0.15, 0.2) is 0 Å². The molecule has 0 aliphatic heterocycles. The Morgan fingerprint density at radius 3 is 2.87 bits per heavy atom. The van der Waals surface area contributed by atoms with Crippen LogP contribution in [0.15, 0.2) is 36.5 Å². The molecule has 0 aromatic carbocycles. The van der Waals surface area contributed by atoms with Crippen LogP contribution in [0.1, 0.15) is 24.6 Å². The SMILES string of the molecule is CCCCc1ccc(-c2ccccn2)s1. The molecule has 2 heteroatoms. The molecule has 2 rings (SSSR count). The number of rotatable bonds is 4. The van der Waals surface area contributed by atoms with Crippen LogP contribution in [0.4, 0.5) is 0 Å². The first-order valence-corrected chi connectivity index (χ1v) is 6.22. The Hall–Kier alpha value is -1.15. The molecule has 0 saturated carbocycles. The second-order valence-electron chi connectivity index (χ2n) is 3.58. The standard InChI is InChI=1S/C13H15NS/c1-2-3-6-11-8-9-13(15-11)12-7-4-5-10-14-12/h4-5,7-10H,2-3,6H2,1H3. The molecule has 2 aromatic heterocycles. The summed E-state index contributed by atoms with van der Waals surface area (Å²) >= 11 is 1.86. The molecule has 0 amide bonds. The van der Waals surface area contributed by atoms with E-state index in [0.29, 0.717) is 0 Å². The number of nitrogens with zero attached hydrogens (tertiary/aromatic N) is 1. The average Bonchev–Trinajstić information content (AvgIpc) is 2.76. The summed E-state index contributed by atoms with van der Waals surface area (Å²) in [5, 5.41) is 0. The fraction of sp³-hybridized carbons (Fsp3) is 0.308. The van der Waals surface area contributed by atoms with Gasteiger partial charge in [-0.25, -0.2) is 0 Å². The van der Waals surface area contributed by atoms with Crippen molar-refractivity contribution in [3.63, 3.8) is 0 Å². The fourth-order valence-electron chi connectivity index (χ4n) is 1.51. The van der Waals surface area contributed by atoms with Crippen LogP contribution < -0.4 is 0 Å². The Bertz CT molecular complexity index is 405. The van der Waals surface area contributed by atoms with E-state index >= 15 is 0 Å². The second kappa shape index (κ2) is 5.08. The summed E-state index contributed by atoms with van der Waals surface area (Å²) in [5.41, 5.74) is 1.09. The van der Waals surface area contributed by atoms with Crippen LogP contribution in [0.2, 0.25) is 0 Å². The molecule has 0 spiro atoms. The molecular formula is C13H15NS. The Morgan fingerprint density at radius 1 is 1.20 bits per heavy atom. The van der Waals surface area contributed by atoms with Crippen molar-refractivity contribution in [2.45, 2.75) is 26.2 Å². The lowest BCUT2D eigenvalue weighted by molar-refractivity contribution is 0.804. The summed E-state index contributed by atoms with van der Waals surface area (Å²) in [6.45, 7) is 2.23. The number of aromatic nitrogens is 1. The molecule has 2 aromatic rings. The van der Waals surface area contributed by atoms with Gasteiger partial charge in [0.25, 0.3) is 0 Å². The van der Waals surface area contributed by atoms with E-state index < -0.39 is 0 Å². The van der Waals surface area contributed by atoms with E-state index in [1.165, 1.54) is 29.0 Å². The normalized spacial score (nSPS) is 10.5. The average molecular weight is 217 g/mol. The van der Waals surface area contributed by atoms with Gasteiger partial charge >= 0.3 is 0 Å². The summed E-state index contributed by atoms with van der Waals surface area (Å²) in [5.74, 6) is 0. The first kappa shape index (κ1) is 10.4. The van der Waals surface area contributed by atoms with Crippen LogP contribution in [-0.4, -0.2) is 4.98 Å². The predicted molar refractivity (Wildman–Crippen MR) is 66.2 cm³/mol. The molecule has 0 radical (unpaired) electrons. The lowest BCUT2D eigenvalue weighted by Crippen LogP contribution is -1.77. The first-order chi connectivity index (χ1) is 7.40. The largest absolute Gasteiger partial charge is 0.255 e. The highest BCUT2D eigenvalue weighted by molar-refractivity contribution is 7.15. The Kier molecular flexibility index (Phi) is 3.51. The van der Waals surface area contributed by atoms with E-state index in [4.69, 9.17) is 0 Å². The monoisotopic (exact) mass is 217 g/mol. The molecule has 0 aliphatic carbocycles. The highest BCUT2D eigenvalue weighted by Crippen LogP contribution is 2.27. The van der Waals surface area contributed by atoms with Gasteiger partial charge in [-0.3, -0.25) is 4.98 Å². The predicted octanol–water partition coefficient (Wildman–Crippen LogP) is 4.15. The third-order valence-corrected chi connectivity index (χ3v) is 3.52. The minimum Gasteiger partial charge on any atom is -0.255 e. The van der Waals surface area contributed by atoms with Gasteiger partial charge < -0.3 is 0 Å². The topological polar surface area (TPSA) is 12.9 Å². The summed E-state index contributed by atoms with van der Waals surface area (Å²) < 4.78 is 0. The number of aryl methyl sites for hydroxylation is 1. The second-order valence-corrected chi connectivity index (χ2v) is 4.75. The minimum atomic E-state index is 1.09. The van der Waals surface area contributed by atoms with Gasteiger partial charge in [0.2, 0.25) is 0 Å². The van der Waals surface area contributed by atoms with E-state index in [0.717, 1.165) is 5.69 Å². The summed E-state index contributed by atoms with van der Waals surface area (Å²) in [4.78, 5) is 7.10. The van der Waals surface area contributed by atoms with Gasteiger partial charge in [-0.05, 0) is 37.1 Å². The van der Waals surface area contributed by atoms with Crippen LogP contribution in [0.25, 0.3) is 10.6 Å². The van der Waals surface area contributed by atoms with Crippen molar-refractivity contribution in [1.29, 1.82) is 0 Å². The smallest absolute Gasteiger partial charge is 0.0801 e. The van der Waals surface area contributed by atoms with Gasteiger partial charge in [-0.2, -0.15) is 0 Å². The molecule has 2 heterocycles. The van der Waals surface area contributed by atoms with Crippen molar-refractivity contribution < 1.29 is 0 Å². The summed E-state index contributed by atoms with van der Waals surface area (Å²) in [6.07, 6.45) is 5.59. The van der Waals surface area contributed by atoms with E-state index in [-0.39, 0.29) is 0 Å². The summed E-state index contributed by atoms with van der Waals surface area (Å²) in [7, 11) is 0. The molecular weight excluding hydrogens is 202 g/mol. The zero-order valence-electron chi connectivity index (χ0n) is 8.94. The van der Waals surface area contributed by atoms with Crippen molar-refractivity contribution in [2.24, 2.45) is 0 Å².